The summed E-state index contributed by atoms with van der Waals surface area (Å²) in [4.78, 5) is 14.2. The van der Waals surface area contributed by atoms with Crippen LogP contribution in [0.2, 0.25) is 0 Å². The molecule has 1 amide bonds. The number of carbonyl (C=O) groups is 1. The van der Waals surface area contributed by atoms with E-state index in [1.54, 1.807) is 24.3 Å². The highest BCUT2D eigenvalue weighted by atomic mass is 19.1. The first kappa shape index (κ1) is 18.5. The van der Waals surface area contributed by atoms with Gasteiger partial charge in [0.25, 0.3) is 0 Å². The number of carbonyl (C=O) groups excluding carboxylic acids is 1. The summed E-state index contributed by atoms with van der Waals surface area (Å²) in [6, 6.07) is 8.13. The molecule has 0 fully saturated rings. The normalized spacial score (nSPS) is 16.0. The Hall–Kier alpha value is -2.29. The molecule has 3 rings (SSSR count). The van der Waals surface area contributed by atoms with E-state index in [0.717, 1.165) is 18.7 Å². The van der Waals surface area contributed by atoms with E-state index in [0.29, 0.717) is 24.3 Å². The molecular formula is C18H23FN4O3. The van der Waals surface area contributed by atoms with Crippen molar-refractivity contribution in [1.82, 2.24) is 20.0 Å². The molecule has 1 atom stereocenters. The van der Waals surface area contributed by atoms with E-state index < -0.39 is 6.10 Å². The zero-order chi connectivity index (χ0) is 18.5. The highest BCUT2D eigenvalue weighted by molar-refractivity contribution is 5.78. The first-order valence-corrected chi connectivity index (χ1v) is 8.65. The van der Waals surface area contributed by atoms with Gasteiger partial charge >= 0.3 is 0 Å². The first-order valence-electron chi connectivity index (χ1n) is 8.65. The highest BCUT2D eigenvalue weighted by Crippen LogP contribution is 2.17. The lowest BCUT2D eigenvalue weighted by Crippen LogP contribution is -2.36. The number of rotatable bonds is 6. The number of aliphatic hydroxyl groups excluding tert-OH is 2. The van der Waals surface area contributed by atoms with Crippen LogP contribution >= 0.6 is 0 Å². The van der Waals surface area contributed by atoms with Gasteiger partial charge in [-0.3, -0.25) is 14.4 Å². The molecule has 7 nitrogen and oxygen atoms in total. The van der Waals surface area contributed by atoms with Crippen LogP contribution in [0.25, 0.3) is 0 Å². The predicted octanol–water partition coefficient (Wildman–Crippen LogP) is 0.570. The number of hydrogen-bond acceptors (Lipinski definition) is 5. The third-order valence-electron chi connectivity index (χ3n) is 4.43. The minimum absolute atomic E-state index is 0.157. The van der Waals surface area contributed by atoms with Gasteiger partial charge in [-0.15, -0.1) is 0 Å². The Morgan fingerprint density at radius 2 is 2.15 bits per heavy atom. The number of aliphatic hydroxyl groups is 2. The molecule has 0 saturated heterocycles. The Balaban J connectivity index is 1.57. The Morgan fingerprint density at radius 3 is 2.92 bits per heavy atom. The minimum atomic E-state index is -0.994. The molecule has 1 aromatic carbocycles. The summed E-state index contributed by atoms with van der Waals surface area (Å²) >= 11 is 0. The molecule has 0 radical (unpaired) electrons. The van der Waals surface area contributed by atoms with E-state index in [4.69, 9.17) is 5.11 Å². The average Bonchev–Trinajstić information content (AvgIpc) is 2.94. The third-order valence-corrected chi connectivity index (χ3v) is 4.43. The van der Waals surface area contributed by atoms with Crippen LogP contribution in [-0.4, -0.2) is 50.5 Å². The number of aryl methyl sites for hydroxylation is 1. The van der Waals surface area contributed by atoms with Gasteiger partial charge in [-0.2, -0.15) is 5.10 Å². The molecule has 2 aromatic rings. The van der Waals surface area contributed by atoms with Gasteiger partial charge in [-0.25, -0.2) is 4.39 Å². The van der Waals surface area contributed by atoms with Gasteiger partial charge in [0.05, 0.1) is 24.5 Å². The Bertz CT molecular complexity index is 765. The van der Waals surface area contributed by atoms with E-state index in [1.165, 1.54) is 6.07 Å². The van der Waals surface area contributed by atoms with Gasteiger partial charge in [-0.1, -0.05) is 18.2 Å². The lowest BCUT2D eigenvalue weighted by Gasteiger charge is -2.19. The molecule has 0 saturated carbocycles. The molecule has 0 aliphatic carbocycles. The van der Waals surface area contributed by atoms with Gasteiger partial charge in [-0.05, 0) is 18.6 Å². The topological polar surface area (TPSA) is 90.6 Å². The summed E-state index contributed by atoms with van der Waals surface area (Å²) in [5, 5.41) is 25.9. The summed E-state index contributed by atoms with van der Waals surface area (Å²) < 4.78 is 15.4. The summed E-state index contributed by atoms with van der Waals surface area (Å²) in [7, 11) is 0. The smallest absolute Gasteiger partial charge is 0.234 e. The molecule has 0 bridgehead atoms. The summed E-state index contributed by atoms with van der Waals surface area (Å²) in [6.07, 6.45) is -0.170. The van der Waals surface area contributed by atoms with E-state index in [-0.39, 0.29) is 31.4 Å². The van der Waals surface area contributed by atoms with Crippen LogP contribution in [0.4, 0.5) is 4.39 Å². The Morgan fingerprint density at radius 1 is 1.35 bits per heavy atom. The van der Waals surface area contributed by atoms with Crippen LogP contribution in [0.5, 0.6) is 0 Å². The van der Waals surface area contributed by atoms with Crippen molar-refractivity contribution in [2.45, 2.75) is 32.2 Å². The van der Waals surface area contributed by atoms with E-state index in [1.807, 2.05) is 9.58 Å². The van der Waals surface area contributed by atoms with Crippen LogP contribution in [0, 0.1) is 5.82 Å². The molecule has 0 unspecified atom stereocenters. The SMILES string of the molecule is O=C(CN1CCCn2nc([C@H](O)CO)cc2C1)NCc1ccccc1F. The summed E-state index contributed by atoms with van der Waals surface area (Å²) in [6.45, 7) is 1.95. The number of benzene rings is 1. The maximum absolute atomic E-state index is 13.6. The fourth-order valence-electron chi connectivity index (χ4n) is 3.04. The number of nitrogens with one attached hydrogen (secondary N) is 1. The fraction of sp³-hybridized carbons (Fsp3) is 0.444. The molecule has 2 heterocycles. The maximum Gasteiger partial charge on any atom is 0.234 e. The zero-order valence-corrected chi connectivity index (χ0v) is 14.4. The second kappa shape index (κ2) is 8.39. The fourth-order valence-corrected chi connectivity index (χ4v) is 3.04. The third kappa shape index (κ3) is 4.46. The largest absolute Gasteiger partial charge is 0.393 e. The van der Waals surface area contributed by atoms with E-state index >= 15 is 0 Å². The quantitative estimate of drug-likeness (QED) is 0.699. The lowest BCUT2D eigenvalue weighted by atomic mass is 10.2. The molecule has 26 heavy (non-hydrogen) atoms. The van der Waals surface area contributed by atoms with Gasteiger partial charge in [0, 0.05) is 31.7 Å². The molecule has 0 spiro atoms. The highest BCUT2D eigenvalue weighted by Gasteiger charge is 2.20. The van der Waals surface area contributed by atoms with Crippen molar-refractivity contribution in [1.29, 1.82) is 0 Å². The molecular weight excluding hydrogens is 339 g/mol. The van der Waals surface area contributed by atoms with Crippen molar-refractivity contribution in [2.75, 3.05) is 19.7 Å². The number of aromatic nitrogens is 2. The molecule has 1 aromatic heterocycles. The van der Waals surface area contributed by atoms with Crippen LogP contribution in [0.15, 0.2) is 30.3 Å². The molecule has 140 valence electrons. The maximum atomic E-state index is 13.6. The average molecular weight is 362 g/mol. The van der Waals surface area contributed by atoms with Gasteiger partial charge < -0.3 is 15.5 Å². The lowest BCUT2D eigenvalue weighted by molar-refractivity contribution is -0.122. The molecule has 3 N–H and O–H groups in total. The first-order chi connectivity index (χ1) is 12.6. The van der Waals surface area contributed by atoms with Gasteiger partial charge in [0.15, 0.2) is 0 Å². The summed E-state index contributed by atoms with van der Waals surface area (Å²) in [5.74, 6) is -0.502. The Labute approximate surface area is 151 Å². The van der Waals surface area contributed by atoms with Gasteiger partial charge in [0.1, 0.15) is 11.9 Å². The van der Waals surface area contributed by atoms with Crippen LogP contribution in [0.3, 0.4) is 0 Å². The van der Waals surface area contributed by atoms with Crippen LogP contribution in [-0.2, 0) is 24.4 Å². The predicted molar refractivity (Wildman–Crippen MR) is 92.4 cm³/mol. The van der Waals surface area contributed by atoms with Crippen molar-refractivity contribution in [3.05, 3.63) is 53.1 Å². The Kier molecular flexibility index (Phi) is 5.97. The number of fused-ring (bicyclic) bond motifs is 1. The standard InChI is InChI=1S/C18H23FN4O3/c19-15-5-2-1-4-13(15)9-20-18(26)11-22-6-3-7-23-14(10-22)8-16(21-23)17(25)12-24/h1-2,4-5,8,17,24-25H,3,6-7,9-12H2,(H,20,26)/t17-/m1/s1. The van der Waals surface area contributed by atoms with Crippen LogP contribution < -0.4 is 5.32 Å². The van der Waals surface area contributed by atoms with Crippen molar-refractivity contribution in [3.63, 3.8) is 0 Å². The van der Waals surface area contributed by atoms with Crippen molar-refractivity contribution in [2.24, 2.45) is 0 Å². The van der Waals surface area contributed by atoms with Crippen LogP contribution in [0.1, 0.15) is 29.5 Å². The molecule has 1 aliphatic rings. The number of nitrogens with zero attached hydrogens (tertiary/aromatic N) is 3. The second-order valence-corrected chi connectivity index (χ2v) is 6.41. The minimum Gasteiger partial charge on any atom is -0.393 e. The number of halogens is 1. The van der Waals surface area contributed by atoms with Crippen molar-refractivity contribution >= 4 is 5.91 Å². The van der Waals surface area contributed by atoms with Crippen molar-refractivity contribution < 1.29 is 19.4 Å². The zero-order valence-electron chi connectivity index (χ0n) is 14.4. The van der Waals surface area contributed by atoms with Gasteiger partial charge in [0.2, 0.25) is 5.91 Å². The van der Waals surface area contributed by atoms with E-state index in [2.05, 4.69) is 10.4 Å². The number of hydrogen-bond donors (Lipinski definition) is 3. The number of amides is 1. The van der Waals surface area contributed by atoms with Crippen molar-refractivity contribution in [3.8, 4) is 0 Å². The van der Waals surface area contributed by atoms with E-state index in [9.17, 15) is 14.3 Å². The molecule has 8 heteroatoms. The second-order valence-electron chi connectivity index (χ2n) is 6.41. The molecule has 1 aliphatic heterocycles. The summed E-state index contributed by atoms with van der Waals surface area (Å²) in [5.41, 5.74) is 1.79. The monoisotopic (exact) mass is 362 g/mol.